The van der Waals surface area contributed by atoms with Crippen LogP contribution in [0.15, 0.2) is 30.5 Å². The summed E-state index contributed by atoms with van der Waals surface area (Å²) in [5.41, 5.74) is 2.06. The topological polar surface area (TPSA) is 39.1 Å². The molecule has 0 fully saturated rings. The number of ether oxygens (including phenoxy) is 1. The quantitative estimate of drug-likeness (QED) is 0.848. The third-order valence-corrected chi connectivity index (χ3v) is 3.69. The normalized spacial score (nSPS) is 12.4. The first kappa shape index (κ1) is 15.9. The van der Waals surface area contributed by atoms with Crippen LogP contribution in [0.25, 0.3) is 0 Å². The summed E-state index contributed by atoms with van der Waals surface area (Å²) in [6.07, 6.45) is 2.72. The highest BCUT2D eigenvalue weighted by Crippen LogP contribution is 2.33. The highest BCUT2D eigenvalue weighted by molar-refractivity contribution is 6.31. The van der Waals surface area contributed by atoms with E-state index in [2.05, 4.69) is 30.3 Å². The van der Waals surface area contributed by atoms with E-state index >= 15 is 0 Å². The van der Waals surface area contributed by atoms with E-state index in [1.807, 2.05) is 22.9 Å². The van der Waals surface area contributed by atoms with Gasteiger partial charge in [0, 0.05) is 12.1 Å². The first-order valence-electron chi connectivity index (χ1n) is 7.30. The molecule has 0 aliphatic carbocycles. The maximum absolute atomic E-state index is 6.39. The van der Waals surface area contributed by atoms with E-state index in [9.17, 15) is 0 Å². The number of aryl methyl sites for hydroxylation is 1. The summed E-state index contributed by atoms with van der Waals surface area (Å²) in [4.78, 5) is 0. The lowest BCUT2D eigenvalue weighted by atomic mass is 10.0. The average molecular weight is 308 g/mol. The molecule has 1 atom stereocenters. The van der Waals surface area contributed by atoms with Crippen LogP contribution in [0, 0.1) is 0 Å². The molecule has 1 aromatic carbocycles. The molecule has 1 aromatic heterocycles. The van der Waals surface area contributed by atoms with E-state index in [1.165, 1.54) is 0 Å². The fourth-order valence-corrected chi connectivity index (χ4v) is 2.76. The predicted octanol–water partition coefficient (Wildman–Crippen LogP) is 3.65. The molecule has 4 nitrogen and oxygen atoms in total. The highest BCUT2D eigenvalue weighted by atomic mass is 35.5. The molecule has 2 aromatic rings. The van der Waals surface area contributed by atoms with Gasteiger partial charge in [0.05, 0.1) is 30.1 Å². The minimum Gasteiger partial charge on any atom is -0.496 e. The van der Waals surface area contributed by atoms with Crippen molar-refractivity contribution in [2.75, 3.05) is 13.7 Å². The summed E-state index contributed by atoms with van der Waals surface area (Å²) in [5.74, 6) is 0.851. The molecule has 1 unspecified atom stereocenters. The minimum absolute atomic E-state index is 0.0345. The zero-order chi connectivity index (χ0) is 15.2. The van der Waals surface area contributed by atoms with Gasteiger partial charge in [0.25, 0.3) is 0 Å². The van der Waals surface area contributed by atoms with Crippen molar-refractivity contribution >= 4 is 11.6 Å². The molecule has 0 amide bonds. The third-order valence-electron chi connectivity index (χ3n) is 3.40. The Morgan fingerprint density at radius 3 is 2.76 bits per heavy atom. The number of aromatic nitrogens is 2. The second-order valence-corrected chi connectivity index (χ2v) is 5.24. The molecular formula is C16H22ClN3O. The van der Waals surface area contributed by atoms with Crippen molar-refractivity contribution in [1.82, 2.24) is 15.1 Å². The summed E-state index contributed by atoms with van der Waals surface area (Å²) in [7, 11) is 1.69. The van der Waals surface area contributed by atoms with Gasteiger partial charge in [0.15, 0.2) is 0 Å². The molecule has 1 heterocycles. The SMILES string of the molecule is CCCn1ncc(Cl)c1C(NCC)c1ccccc1OC. The zero-order valence-electron chi connectivity index (χ0n) is 12.8. The minimum atomic E-state index is -0.0345. The smallest absolute Gasteiger partial charge is 0.124 e. The van der Waals surface area contributed by atoms with E-state index in [4.69, 9.17) is 16.3 Å². The number of rotatable bonds is 7. The number of para-hydroxylation sites is 1. The lowest BCUT2D eigenvalue weighted by Crippen LogP contribution is -2.25. The van der Waals surface area contributed by atoms with Crippen LogP contribution in [-0.2, 0) is 6.54 Å². The number of benzene rings is 1. The Labute approximate surface area is 131 Å². The van der Waals surface area contributed by atoms with Gasteiger partial charge in [-0.3, -0.25) is 4.68 Å². The lowest BCUT2D eigenvalue weighted by Gasteiger charge is -2.22. The molecule has 0 bridgehead atoms. The van der Waals surface area contributed by atoms with Crippen LogP contribution in [0.1, 0.15) is 37.6 Å². The summed E-state index contributed by atoms with van der Waals surface area (Å²) >= 11 is 6.39. The van der Waals surface area contributed by atoms with E-state index in [0.29, 0.717) is 5.02 Å². The van der Waals surface area contributed by atoms with Crippen molar-refractivity contribution in [2.45, 2.75) is 32.9 Å². The molecule has 0 saturated carbocycles. The number of hydrogen-bond acceptors (Lipinski definition) is 3. The fraction of sp³-hybridized carbons (Fsp3) is 0.438. The highest BCUT2D eigenvalue weighted by Gasteiger charge is 2.23. The molecule has 0 aliphatic rings. The molecule has 5 heteroatoms. The number of halogens is 1. The fourth-order valence-electron chi connectivity index (χ4n) is 2.51. The summed E-state index contributed by atoms with van der Waals surface area (Å²) in [6.45, 7) is 5.89. The Kier molecular flexibility index (Phi) is 5.65. The van der Waals surface area contributed by atoms with Gasteiger partial charge in [0.1, 0.15) is 5.75 Å². The molecule has 114 valence electrons. The van der Waals surface area contributed by atoms with Gasteiger partial charge < -0.3 is 10.1 Å². The van der Waals surface area contributed by atoms with Crippen LogP contribution < -0.4 is 10.1 Å². The van der Waals surface area contributed by atoms with Crippen LogP contribution >= 0.6 is 11.6 Å². The number of nitrogens with one attached hydrogen (secondary N) is 1. The monoisotopic (exact) mass is 307 g/mol. The van der Waals surface area contributed by atoms with Gasteiger partial charge in [-0.05, 0) is 19.0 Å². The number of nitrogens with zero attached hydrogens (tertiary/aromatic N) is 2. The van der Waals surface area contributed by atoms with E-state index in [-0.39, 0.29) is 6.04 Å². The number of methoxy groups -OCH3 is 1. The van der Waals surface area contributed by atoms with Crippen LogP contribution in [0.4, 0.5) is 0 Å². The van der Waals surface area contributed by atoms with E-state index < -0.39 is 0 Å². The Morgan fingerprint density at radius 2 is 2.10 bits per heavy atom. The van der Waals surface area contributed by atoms with Crippen molar-refractivity contribution in [3.8, 4) is 5.75 Å². The van der Waals surface area contributed by atoms with E-state index in [1.54, 1.807) is 13.3 Å². The van der Waals surface area contributed by atoms with Crippen LogP contribution in [0.3, 0.4) is 0 Å². The average Bonchev–Trinajstić information content (AvgIpc) is 2.86. The molecular weight excluding hydrogens is 286 g/mol. The summed E-state index contributed by atoms with van der Waals surface area (Å²) in [6, 6.07) is 7.97. The molecule has 0 aliphatic heterocycles. The van der Waals surface area contributed by atoms with Gasteiger partial charge in [-0.15, -0.1) is 0 Å². The van der Waals surface area contributed by atoms with Crippen LogP contribution in [0.5, 0.6) is 5.75 Å². The second-order valence-electron chi connectivity index (χ2n) is 4.83. The predicted molar refractivity (Wildman–Crippen MR) is 86.0 cm³/mol. The van der Waals surface area contributed by atoms with Crippen LogP contribution in [0.2, 0.25) is 5.02 Å². The Hall–Kier alpha value is -1.52. The standard InChI is InChI=1S/C16H22ClN3O/c1-4-10-20-16(13(17)11-19-20)15(18-5-2)12-8-6-7-9-14(12)21-3/h6-9,11,15,18H,4-5,10H2,1-3H3. The second kappa shape index (κ2) is 7.48. The van der Waals surface area contributed by atoms with E-state index in [0.717, 1.165) is 36.5 Å². The Morgan fingerprint density at radius 1 is 1.33 bits per heavy atom. The molecule has 0 saturated heterocycles. The summed E-state index contributed by atoms with van der Waals surface area (Å²) in [5, 5.41) is 8.56. The van der Waals surface area contributed by atoms with Gasteiger partial charge >= 0.3 is 0 Å². The maximum Gasteiger partial charge on any atom is 0.124 e. The Bertz CT molecular complexity index is 583. The first-order valence-corrected chi connectivity index (χ1v) is 7.68. The first-order chi connectivity index (χ1) is 10.2. The molecule has 0 spiro atoms. The third kappa shape index (κ3) is 3.39. The van der Waals surface area contributed by atoms with Gasteiger partial charge in [0.2, 0.25) is 0 Å². The van der Waals surface area contributed by atoms with Crippen molar-refractivity contribution in [1.29, 1.82) is 0 Å². The van der Waals surface area contributed by atoms with Crippen molar-refractivity contribution < 1.29 is 4.74 Å². The maximum atomic E-state index is 6.39. The van der Waals surface area contributed by atoms with Crippen molar-refractivity contribution in [3.05, 3.63) is 46.7 Å². The van der Waals surface area contributed by atoms with Gasteiger partial charge in [-0.2, -0.15) is 5.10 Å². The van der Waals surface area contributed by atoms with Crippen molar-refractivity contribution in [3.63, 3.8) is 0 Å². The lowest BCUT2D eigenvalue weighted by molar-refractivity contribution is 0.401. The Balaban J connectivity index is 2.51. The van der Waals surface area contributed by atoms with Crippen LogP contribution in [-0.4, -0.2) is 23.4 Å². The molecule has 0 radical (unpaired) electrons. The summed E-state index contributed by atoms with van der Waals surface area (Å²) < 4.78 is 7.47. The van der Waals surface area contributed by atoms with Gasteiger partial charge in [-0.1, -0.05) is 43.6 Å². The molecule has 21 heavy (non-hydrogen) atoms. The number of hydrogen-bond donors (Lipinski definition) is 1. The molecule has 1 N–H and O–H groups in total. The zero-order valence-corrected chi connectivity index (χ0v) is 13.5. The molecule has 2 rings (SSSR count). The largest absolute Gasteiger partial charge is 0.496 e. The van der Waals surface area contributed by atoms with Gasteiger partial charge in [-0.25, -0.2) is 0 Å². The van der Waals surface area contributed by atoms with Crippen molar-refractivity contribution in [2.24, 2.45) is 0 Å².